The van der Waals surface area contributed by atoms with Crippen molar-refractivity contribution in [3.63, 3.8) is 0 Å². The Labute approximate surface area is 118 Å². The number of hydrogen-bond donors (Lipinski definition) is 2. The van der Waals surface area contributed by atoms with E-state index in [1.807, 2.05) is 0 Å². The average molecular weight is 282 g/mol. The van der Waals surface area contributed by atoms with E-state index >= 15 is 0 Å². The van der Waals surface area contributed by atoms with E-state index in [4.69, 9.17) is 5.73 Å². The molecule has 21 heavy (non-hydrogen) atoms. The zero-order valence-corrected chi connectivity index (χ0v) is 10.7. The molecule has 9 nitrogen and oxygen atoms in total. The van der Waals surface area contributed by atoms with E-state index in [-0.39, 0.29) is 11.5 Å². The van der Waals surface area contributed by atoms with E-state index in [1.165, 1.54) is 23.3 Å². The second-order valence-corrected chi connectivity index (χ2v) is 3.97. The number of rotatable bonds is 3. The molecule has 104 valence electrons. The summed E-state index contributed by atoms with van der Waals surface area (Å²) in [5.41, 5.74) is 6.12. The zero-order chi connectivity index (χ0) is 14.7. The van der Waals surface area contributed by atoms with Gasteiger partial charge in [-0.15, -0.1) is 0 Å². The van der Waals surface area contributed by atoms with Crippen molar-refractivity contribution in [2.24, 2.45) is 0 Å². The summed E-state index contributed by atoms with van der Waals surface area (Å²) in [6.07, 6.45) is 9.06. The summed E-state index contributed by atoms with van der Waals surface area (Å²) in [5, 5.41) is 6.69. The van der Waals surface area contributed by atoms with Crippen molar-refractivity contribution in [3.05, 3.63) is 48.9 Å². The number of hydrogen-bond acceptors (Lipinski definition) is 7. The van der Waals surface area contributed by atoms with Gasteiger partial charge < -0.3 is 11.1 Å². The Morgan fingerprint density at radius 3 is 2.62 bits per heavy atom. The van der Waals surface area contributed by atoms with Crippen LogP contribution in [0.3, 0.4) is 0 Å². The van der Waals surface area contributed by atoms with Gasteiger partial charge >= 0.3 is 0 Å². The van der Waals surface area contributed by atoms with Crippen LogP contribution in [0.25, 0.3) is 5.95 Å². The van der Waals surface area contributed by atoms with Gasteiger partial charge in [0.1, 0.15) is 0 Å². The molecule has 0 saturated heterocycles. The maximum absolute atomic E-state index is 12.0. The first-order valence-corrected chi connectivity index (χ1v) is 5.94. The highest BCUT2D eigenvalue weighted by Crippen LogP contribution is 2.11. The van der Waals surface area contributed by atoms with Crippen molar-refractivity contribution in [3.8, 4) is 5.95 Å². The highest BCUT2D eigenvalue weighted by molar-refractivity contribution is 6.05. The Balaban J connectivity index is 1.79. The molecule has 0 unspecified atom stereocenters. The SMILES string of the molecule is Nc1nccnc1C(=O)Nc1cnn(-c2ncccn2)c1. The first-order valence-electron chi connectivity index (χ1n) is 5.94. The highest BCUT2D eigenvalue weighted by Gasteiger charge is 2.13. The number of carbonyl (C=O) groups excluding carboxylic acids is 1. The fraction of sp³-hybridized carbons (Fsp3) is 0. The van der Waals surface area contributed by atoms with E-state index in [1.54, 1.807) is 24.7 Å². The maximum atomic E-state index is 12.0. The summed E-state index contributed by atoms with van der Waals surface area (Å²) >= 11 is 0. The molecule has 0 bridgehead atoms. The average Bonchev–Trinajstić information content (AvgIpc) is 2.97. The standard InChI is InChI=1S/C12H10N8O/c13-10-9(14-4-5-15-10)11(21)19-8-6-18-20(7-8)12-16-2-1-3-17-12/h1-7H,(H2,13,15)(H,19,21). The Kier molecular flexibility index (Phi) is 3.21. The normalized spacial score (nSPS) is 10.3. The Morgan fingerprint density at radius 2 is 1.86 bits per heavy atom. The van der Waals surface area contributed by atoms with Crippen LogP contribution < -0.4 is 11.1 Å². The quantitative estimate of drug-likeness (QED) is 0.707. The second-order valence-electron chi connectivity index (χ2n) is 3.97. The van der Waals surface area contributed by atoms with Gasteiger partial charge in [0, 0.05) is 24.8 Å². The lowest BCUT2D eigenvalue weighted by Gasteiger charge is -2.03. The van der Waals surface area contributed by atoms with Gasteiger partial charge in [-0.1, -0.05) is 0 Å². The summed E-state index contributed by atoms with van der Waals surface area (Å²) in [5.74, 6) is -0.0000646. The Bertz CT molecular complexity index is 770. The zero-order valence-electron chi connectivity index (χ0n) is 10.7. The van der Waals surface area contributed by atoms with Gasteiger partial charge in [0.2, 0.25) is 5.95 Å². The van der Waals surface area contributed by atoms with Crippen LogP contribution in [0.15, 0.2) is 43.2 Å². The van der Waals surface area contributed by atoms with Crippen LogP contribution in [0.4, 0.5) is 11.5 Å². The van der Waals surface area contributed by atoms with Gasteiger partial charge in [-0.25, -0.2) is 24.6 Å². The van der Waals surface area contributed by atoms with Crippen molar-refractivity contribution in [1.82, 2.24) is 29.7 Å². The number of aromatic nitrogens is 6. The minimum Gasteiger partial charge on any atom is -0.382 e. The number of nitrogens with two attached hydrogens (primary N) is 1. The molecule has 0 fully saturated rings. The van der Waals surface area contributed by atoms with Gasteiger partial charge in [0.15, 0.2) is 11.5 Å². The molecule has 0 aliphatic heterocycles. The van der Waals surface area contributed by atoms with E-state index in [2.05, 4.69) is 30.4 Å². The van der Waals surface area contributed by atoms with Gasteiger partial charge in [0.25, 0.3) is 5.91 Å². The number of nitrogens with zero attached hydrogens (tertiary/aromatic N) is 6. The lowest BCUT2D eigenvalue weighted by molar-refractivity contribution is 0.102. The molecule has 9 heteroatoms. The molecule has 3 rings (SSSR count). The lowest BCUT2D eigenvalue weighted by atomic mass is 10.3. The van der Waals surface area contributed by atoms with Crippen molar-refractivity contribution in [1.29, 1.82) is 0 Å². The first kappa shape index (κ1) is 12.7. The lowest BCUT2D eigenvalue weighted by Crippen LogP contribution is -2.16. The first-order chi connectivity index (χ1) is 10.2. The molecule has 3 aromatic heterocycles. The molecule has 3 N–H and O–H groups in total. The number of nitrogens with one attached hydrogen (secondary N) is 1. The van der Waals surface area contributed by atoms with Crippen LogP contribution in [-0.2, 0) is 0 Å². The molecule has 0 aliphatic carbocycles. The minimum absolute atomic E-state index is 0.0567. The number of anilines is 2. The Morgan fingerprint density at radius 1 is 1.10 bits per heavy atom. The van der Waals surface area contributed by atoms with E-state index in [0.29, 0.717) is 11.6 Å². The van der Waals surface area contributed by atoms with E-state index in [9.17, 15) is 4.79 Å². The van der Waals surface area contributed by atoms with Gasteiger partial charge in [0.05, 0.1) is 18.1 Å². The third kappa shape index (κ3) is 2.66. The summed E-state index contributed by atoms with van der Waals surface area (Å²) in [6, 6.07) is 1.70. The molecule has 0 spiro atoms. The topological polar surface area (TPSA) is 124 Å². The molecule has 0 aliphatic rings. The van der Waals surface area contributed by atoms with Crippen LogP contribution >= 0.6 is 0 Å². The molecule has 3 aromatic rings. The second kappa shape index (κ2) is 5.33. The van der Waals surface area contributed by atoms with Gasteiger partial charge in [-0.3, -0.25) is 4.79 Å². The van der Waals surface area contributed by atoms with Crippen LogP contribution in [0.2, 0.25) is 0 Å². The molecule has 0 aromatic carbocycles. The smallest absolute Gasteiger partial charge is 0.278 e. The maximum Gasteiger partial charge on any atom is 0.278 e. The third-order valence-corrected chi connectivity index (χ3v) is 2.54. The number of amides is 1. The minimum atomic E-state index is -0.464. The highest BCUT2D eigenvalue weighted by atomic mass is 16.1. The predicted molar refractivity (Wildman–Crippen MR) is 73.6 cm³/mol. The van der Waals surface area contributed by atoms with Gasteiger partial charge in [-0.05, 0) is 6.07 Å². The van der Waals surface area contributed by atoms with Crippen molar-refractivity contribution >= 4 is 17.4 Å². The van der Waals surface area contributed by atoms with Crippen LogP contribution in [0.1, 0.15) is 10.5 Å². The molecule has 0 radical (unpaired) electrons. The molecule has 1 amide bonds. The Hall–Kier alpha value is -3.36. The predicted octanol–water partition coefficient (Wildman–Crippen LogP) is 0.287. The van der Waals surface area contributed by atoms with E-state index < -0.39 is 5.91 Å². The number of nitrogen functional groups attached to an aromatic ring is 1. The fourth-order valence-corrected chi connectivity index (χ4v) is 1.62. The van der Waals surface area contributed by atoms with Crippen molar-refractivity contribution < 1.29 is 4.79 Å². The number of carbonyl (C=O) groups is 1. The molecular weight excluding hydrogens is 272 g/mol. The summed E-state index contributed by atoms with van der Waals surface area (Å²) < 4.78 is 1.44. The van der Waals surface area contributed by atoms with Crippen molar-refractivity contribution in [2.75, 3.05) is 11.1 Å². The van der Waals surface area contributed by atoms with Crippen LogP contribution in [0.5, 0.6) is 0 Å². The monoisotopic (exact) mass is 282 g/mol. The molecule has 0 atom stereocenters. The molecular formula is C12H10N8O. The van der Waals surface area contributed by atoms with Crippen LogP contribution in [0, 0.1) is 0 Å². The molecule has 3 heterocycles. The van der Waals surface area contributed by atoms with Crippen LogP contribution in [-0.4, -0.2) is 35.6 Å². The fourth-order valence-electron chi connectivity index (χ4n) is 1.62. The summed E-state index contributed by atoms with van der Waals surface area (Å²) in [6.45, 7) is 0. The largest absolute Gasteiger partial charge is 0.382 e. The van der Waals surface area contributed by atoms with E-state index in [0.717, 1.165) is 0 Å². The van der Waals surface area contributed by atoms with Gasteiger partial charge in [-0.2, -0.15) is 5.10 Å². The summed E-state index contributed by atoms with van der Waals surface area (Å²) in [7, 11) is 0. The molecule has 0 saturated carbocycles. The van der Waals surface area contributed by atoms with Crippen molar-refractivity contribution in [2.45, 2.75) is 0 Å². The third-order valence-electron chi connectivity index (χ3n) is 2.54. The summed E-state index contributed by atoms with van der Waals surface area (Å²) in [4.78, 5) is 27.8.